The fraction of sp³-hybridized carbons (Fsp3) is 0.357. The molecule has 0 spiro atoms. The number of carbonyl (C=O) groups is 2. The molecule has 1 saturated heterocycles. The van der Waals surface area contributed by atoms with Gasteiger partial charge in [-0.2, -0.15) is 0 Å². The minimum Gasteiger partial charge on any atom is -0.676 e. The molecule has 1 atom stereocenters. The van der Waals surface area contributed by atoms with Crippen LogP contribution in [0.1, 0.15) is 39.9 Å². The first-order valence-corrected chi connectivity index (χ1v) is 12.6. The number of allylic oxidation sites excluding steroid dienone is 1. The smallest absolute Gasteiger partial charge is 0.241 e. The van der Waals surface area contributed by atoms with Gasteiger partial charge in [0, 0.05) is 64.0 Å². The van der Waals surface area contributed by atoms with Crippen LogP contribution in [0.15, 0.2) is 61.1 Å². The van der Waals surface area contributed by atoms with E-state index in [1.54, 1.807) is 6.07 Å². The van der Waals surface area contributed by atoms with Crippen LogP contribution in [0.25, 0.3) is 5.73 Å². The van der Waals surface area contributed by atoms with Gasteiger partial charge in [-0.25, -0.2) is 0 Å². The van der Waals surface area contributed by atoms with Gasteiger partial charge in [-0.3, -0.25) is 14.5 Å². The van der Waals surface area contributed by atoms with E-state index in [4.69, 9.17) is 22.1 Å². The van der Waals surface area contributed by atoms with E-state index >= 15 is 0 Å². The van der Waals surface area contributed by atoms with Gasteiger partial charge in [0.15, 0.2) is 0 Å². The number of amides is 1. The number of likely N-dealkylation sites (N-methyl/N-ethyl adjacent to an activating group) is 1. The molecule has 2 aromatic rings. The van der Waals surface area contributed by atoms with Gasteiger partial charge in [0.05, 0.1) is 18.5 Å². The quantitative estimate of drug-likeness (QED) is 0.195. The summed E-state index contributed by atoms with van der Waals surface area (Å²) in [7, 11) is 1.89. The summed E-state index contributed by atoms with van der Waals surface area (Å²) in [6.45, 7) is 10.1. The average Bonchev–Trinajstić information content (AvgIpc) is 2.86. The number of ether oxygens (including phenoxy) is 1. The Bertz CT molecular complexity index is 1140. The van der Waals surface area contributed by atoms with Crippen molar-refractivity contribution in [2.45, 2.75) is 38.4 Å². The Morgan fingerprint density at radius 3 is 2.74 bits per heavy atom. The van der Waals surface area contributed by atoms with E-state index in [0.717, 1.165) is 40.8 Å². The number of anilines is 1. The molecule has 4 N–H and O–H groups in total. The molecule has 10 heteroatoms. The van der Waals surface area contributed by atoms with Crippen LogP contribution >= 0.6 is 11.6 Å². The second-order valence-electron chi connectivity index (χ2n) is 9.09. The van der Waals surface area contributed by atoms with E-state index < -0.39 is 0 Å². The number of aldehydes is 1. The van der Waals surface area contributed by atoms with Crippen LogP contribution in [0.3, 0.4) is 0 Å². The average molecular weight is 706 g/mol. The third-order valence-electron chi connectivity index (χ3n) is 6.22. The Balaban J connectivity index is 0.00000507. The molecule has 1 aliphatic heterocycles. The molecule has 38 heavy (non-hydrogen) atoms. The zero-order valence-corrected chi connectivity index (χ0v) is 25.7. The molecule has 0 aromatic heterocycles. The maximum Gasteiger partial charge on any atom is 0.241 e. The monoisotopic (exact) mass is 705 g/mol. The Hall–Kier alpha value is -2.43. The third-order valence-corrected chi connectivity index (χ3v) is 6.58. The fourth-order valence-electron chi connectivity index (χ4n) is 4.19. The molecule has 8 nitrogen and oxygen atoms in total. The second kappa shape index (κ2) is 15.9. The van der Waals surface area contributed by atoms with Gasteiger partial charge in [0.1, 0.15) is 6.29 Å². The molecular formula is C28H35ClN5O3Ta-. The first kappa shape index (κ1) is 31.8. The molecule has 1 fully saturated rings. The first-order valence-electron chi connectivity index (χ1n) is 12.3. The minimum absolute atomic E-state index is 0. The van der Waals surface area contributed by atoms with Gasteiger partial charge in [-0.1, -0.05) is 49.0 Å². The summed E-state index contributed by atoms with van der Waals surface area (Å²) in [5.74, 6) is 0.553. The van der Waals surface area contributed by atoms with Gasteiger partial charge in [0.25, 0.3) is 0 Å². The number of hydrogen-bond donors (Lipinski definition) is 3. The number of nitrogens with one attached hydrogen (secondary N) is 4. The van der Waals surface area contributed by atoms with Gasteiger partial charge < -0.3 is 26.4 Å². The molecule has 0 aliphatic carbocycles. The van der Waals surface area contributed by atoms with Crippen molar-refractivity contribution in [1.82, 2.24) is 15.5 Å². The van der Waals surface area contributed by atoms with Crippen LogP contribution in [0, 0.1) is 0 Å². The summed E-state index contributed by atoms with van der Waals surface area (Å²) in [5.41, 5.74) is 12.1. The van der Waals surface area contributed by atoms with E-state index in [0.29, 0.717) is 55.6 Å². The number of nitrogens with zero attached hydrogens (tertiary/aromatic N) is 1. The molecular weight excluding hydrogens is 671 g/mol. The van der Waals surface area contributed by atoms with Gasteiger partial charge in [0.2, 0.25) is 5.91 Å². The van der Waals surface area contributed by atoms with E-state index in [9.17, 15) is 9.59 Å². The van der Waals surface area contributed by atoms with Crippen molar-refractivity contribution in [2.75, 3.05) is 32.1 Å². The maximum atomic E-state index is 12.4. The predicted octanol–water partition coefficient (Wildman–Crippen LogP) is 4.66. The van der Waals surface area contributed by atoms with E-state index in [-0.39, 0.29) is 40.9 Å². The van der Waals surface area contributed by atoms with Crippen molar-refractivity contribution in [2.24, 2.45) is 0 Å². The molecule has 1 aliphatic rings. The van der Waals surface area contributed by atoms with Gasteiger partial charge in [-0.15, -0.1) is 6.54 Å². The molecule has 3 rings (SSSR count). The number of piperidine rings is 1. The van der Waals surface area contributed by atoms with Crippen LogP contribution in [-0.4, -0.2) is 49.9 Å². The van der Waals surface area contributed by atoms with Crippen LogP contribution in [0.4, 0.5) is 5.69 Å². The third kappa shape index (κ3) is 9.39. The van der Waals surface area contributed by atoms with Crippen molar-refractivity contribution in [3.8, 4) is 0 Å². The molecule has 203 valence electrons. The number of benzene rings is 2. The summed E-state index contributed by atoms with van der Waals surface area (Å²) < 4.78 is 5.37. The molecule has 0 saturated carbocycles. The first-order chi connectivity index (χ1) is 17.8. The van der Waals surface area contributed by atoms with Crippen molar-refractivity contribution in [1.29, 1.82) is 0 Å². The predicted molar refractivity (Wildman–Crippen MR) is 148 cm³/mol. The minimum atomic E-state index is -0.260. The number of carbonyl (C=O) groups excluding carboxylic acids is 2. The zero-order chi connectivity index (χ0) is 26.8. The van der Waals surface area contributed by atoms with E-state index in [2.05, 4.69) is 29.1 Å². The normalized spacial score (nSPS) is 15.0. The van der Waals surface area contributed by atoms with E-state index in [1.165, 1.54) is 0 Å². The zero-order valence-electron chi connectivity index (χ0n) is 21.7. The van der Waals surface area contributed by atoms with Crippen molar-refractivity contribution in [3.05, 3.63) is 94.1 Å². The molecule has 0 bridgehead atoms. The number of hydrogen-bond acceptors (Lipinski definition) is 6. The summed E-state index contributed by atoms with van der Waals surface area (Å²) in [4.78, 5) is 26.0. The van der Waals surface area contributed by atoms with Crippen molar-refractivity contribution in [3.63, 3.8) is 0 Å². The summed E-state index contributed by atoms with van der Waals surface area (Å²) >= 11 is 6.41. The maximum absolute atomic E-state index is 12.4. The Morgan fingerprint density at radius 2 is 2.05 bits per heavy atom. The summed E-state index contributed by atoms with van der Waals surface area (Å²) in [6, 6.07) is 11.2. The largest absolute Gasteiger partial charge is 0.676 e. The van der Waals surface area contributed by atoms with Crippen LogP contribution in [0.2, 0.25) is 5.02 Å². The topological polar surface area (TPSA) is 106 Å². The number of halogens is 1. The molecule has 1 amide bonds. The Labute approximate surface area is 245 Å². The molecule has 2 aromatic carbocycles. The Morgan fingerprint density at radius 1 is 1.26 bits per heavy atom. The van der Waals surface area contributed by atoms with Gasteiger partial charge >= 0.3 is 0 Å². The van der Waals surface area contributed by atoms with Crippen molar-refractivity contribution < 1.29 is 36.7 Å². The summed E-state index contributed by atoms with van der Waals surface area (Å²) in [6.07, 6.45) is 2.98. The Kier molecular flexibility index (Phi) is 13.3. The van der Waals surface area contributed by atoms with Crippen LogP contribution in [0.5, 0.6) is 0 Å². The molecule has 1 radical (unpaired) electrons. The van der Waals surface area contributed by atoms with Crippen LogP contribution in [-0.2, 0) is 51.4 Å². The number of rotatable bonds is 14. The fourth-order valence-corrected chi connectivity index (χ4v) is 4.47. The van der Waals surface area contributed by atoms with Crippen LogP contribution < -0.4 is 16.0 Å². The van der Waals surface area contributed by atoms with Crippen molar-refractivity contribution >= 4 is 29.5 Å². The molecule has 1 unspecified atom stereocenters. The summed E-state index contributed by atoms with van der Waals surface area (Å²) in [5, 5.41) is 9.93. The standard InChI is InChI=1S/C28H35ClN5O3.Ta/c1-19-4-9-27(28(36)32-19)34(3)17-24-14-21(5-6-23(24)18-35)16-31-20(2)33-25-8-7-22(26(29)15-25)10-12-37-13-11-30;/h5-8,14-15,18,27,30-31,33H,1-2,4,9-13,16-17H2,3H3,(H,32,36);/q-1;. The van der Waals surface area contributed by atoms with E-state index in [1.807, 2.05) is 42.3 Å². The second-order valence-corrected chi connectivity index (χ2v) is 9.50. The van der Waals surface area contributed by atoms with Gasteiger partial charge in [-0.05, 0) is 55.1 Å². The molecule has 1 heterocycles. The SMILES string of the molecule is C=C1CCC(N(C)Cc2cc(CNC(=C)Nc3ccc(CCOCC[NH-])c(Cl)c3)ccc2C=O)C(=O)N1.[Ta].